The molecule has 0 aliphatic carbocycles. The van der Waals surface area contributed by atoms with Gasteiger partial charge in [-0.3, -0.25) is 0 Å². The van der Waals surface area contributed by atoms with Gasteiger partial charge in [0, 0.05) is 16.0 Å². The highest BCUT2D eigenvalue weighted by atomic mass is 32.2. The third-order valence-corrected chi connectivity index (χ3v) is 3.97. The van der Waals surface area contributed by atoms with Crippen LogP contribution >= 0.6 is 23.3 Å². The van der Waals surface area contributed by atoms with Crippen molar-refractivity contribution in [1.82, 2.24) is 0 Å². The molecule has 1 aromatic heterocycles. The van der Waals surface area contributed by atoms with Gasteiger partial charge < -0.3 is 9.90 Å². The van der Waals surface area contributed by atoms with Crippen LogP contribution < -0.4 is 5.11 Å². The number of carbonyl (C=O) groups is 1. The quantitative estimate of drug-likeness (QED) is 0.581. The molecular formula is C9H7NO3S2. The Morgan fingerprint density at radius 3 is 2.87 bits per heavy atom. The van der Waals surface area contributed by atoms with E-state index in [1.54, 1.807) is 16.9 Å². The van der Waals surface area contributed by atoms with E-state index in [1.807, 2.05) is 6.92 Å². The predicted molar refractivity (Wildman–Crippen MR) is 56.4 cm³/mol. The molecule has 4 nitrogen and oxygen atoms in total. The van der Waals surface area contributed by atoms with E-state index in [1.165, 1.54) is 0 Å². The largest absolute Gasteiger partial charge is 0.544 e. The zero-order valence-corrected chi connectivity index (χ0v) is 9.43. The molecule has 1 aliphatic heterocycles. The fourth-order valence-corrected chi connectivity index (χ4v) is 3.05. The zero-order valence-electron chi connectivity index (χ0n) is 7.80. The lowest BCUT2D eigenvalue weighted by atomic mass is 10.0. The van der Waals surface area contributed by atoms with Gasteiger partial charge in [0.1, 0.15) is 0 Å². The monoisotopic (exact) mass is 241 g/mol. The second kappa shape index (κ2) is 3.79. The number of carboxylic acid groups (broad SMARTS) is 1. The van der Waals surface area contributed by atoms with Gasteiger partial charge in [0.25, 0.3) is 6.04 Å². The summed E-state index contributed by atoms with van der Waals surface area (Å²) < 4.78 is 0.795. The molecule has 0 aromatic carbocycles. The lowest BCUT2D eigenvalue weighted by molar-refractivity contribution is -0.409. The highest BCUT2D eigenvalue weighted by Crippen LogP contribution is 2.39. The highest BCUT2D eigenvalue weighted by molar-refractivity contribution is 7.96. The van der Waals surface area contributed by atoms with Crippen LogP contribution in [0, 0.1) is 4.91 Å². The lowest BCUT2D eigenvalue weighted by Gasteiger charge is -2.05. The van der Waals surface area contributed by atoms with Gasteiger partial charge in [0.05, 0.1) is 20.4 Å². The summed E-state index contributed by atoms with van der Waals surface area (Å²) in [4.78, 5) is 22.4. The maximum absolute atomic E-state index is 11.5. The fraction of sp³-hybridized carbons (Fsp3) is 0.222. The first kappa shape index (κ1) is 10.4. The zero-order chi connectivity index (χ0) is 11.0. The number of hydrogen-bond donors (Lipinski definition) is 0. The summed E-state index contributed by atoms with van der Waals surface area (Å²) in [7, 11) is 0. The first-order chi connectivity index (χ1) is 7.11. The molecule has 0 saturated carbocycles. The molecule has 0 fully saturated rings. The molecule has 1 aromatic rings. The van der Waals surface area contributed by atoms with E-state index in [4.69, 9.17) is 0 Å². The molecule has 1 aliphatic rings. The maximum atomic E-state index is 11.5. The second-order valence-electron chi connectivity index (χ2n) is 3.15. The Balaban J connectivity index is 2.45. The molecule has 0 radical (unpaired) electrons. The van der Waals surface area contributed by atoms with Crippen LogP contribution in [-0.2, 0) is 0 Å². The van der Waals surface area contributed by atoms with Crippen LogP contribution in [0.15, 0.2) is 22.4 Å². The Morgan fingerprint density at radius 1 is 1.60 bits per heavy atom. The Hall–Kier alpha value is -1.14. The number of nitroso groups, excluding NO2 is 1. The standard InChI is InChI=1S/C9H7NO3S2/c1-5-4-15-10(13)7(5)6-2-3-14-8(6)9(11)12/h2-4,7H,1H3. The van der Waals surface area contributed by atoms with Crippen molar-refractivity contribution < 1.29 is 14.1 Å². The van der Waals surface area contributed by atoms with E-state index < -0.39 is 12.0 Å². The summed E-state index contributed by atoms with van der Waals surface area (Å²) in [5.74, 6) is -1.22. The highest BCUT2D eigenvalue weighted by Gasteiger charge is 2.38. The van der Waals surface area contributed by atoms with Crippen LogP contribution in [-0.4, -0.2) is 10.1 Å². The van der Waals surface area contributed by atoms with E-state index in [0.717, 1.165) is 33.0 Å². The molecular weight excluding hydrogens is 234 g/mol. The van der Waals surface area contributed by atoms with Crippen molar-refractivity contribution in [2.24, 2.45) is 0 Å². The number of thiophene rings is 1. The summed E-state index contributed by atoms with van der Waals surface area (Å²) in [6.45, 7) is 1.81. The van der Waals surface area contributed by atoms with Crippen LogP contribution in [0.3, 0.4) is 0 Å². The summed E-state index contributed by atoms with van der Waals surface area (Å²) in [5, 5.41) is 14.2. The second-order valence-corrected chi connectivity index (χ2v) is 4.87. The number of aromatic carboxylic acids is 1. The van der Waals surface area contributed by atoms with E-state index in [2.05, 4.69) is 0 Å². The van der Waals surface area contributed by atoms with Gasteiger partial charge in [0.2, 0.25) is 11.9 Å². The van der Waals surface area contributed by atoms with Gasteiger partial charge in [-0.1, -0.05) is 0 Å². The number of nitrogens with zero attached hydrogens (tertiary/aromatic N) is 1. The Labute approximate surface area is 94.3 Å². The van der Waals surface area contributed by atoms with Gasteiger partial charge in [-0.25, -0.2) is 0 Å². The molecule has 0 spiro atoms. The number of hydrogen-bond acceptors (Lipinski definition) is 5. The molecule has 15 heavy (non-hydrogen) atoms. The van der Waals surface area contributed by atoms with Crippen LogP contribution in [0.4, 0.5) is 0 Å². The fourth-order valence-electron chi connectivity index (χ4n) is 1.49. The van der Waals surface area contributed by atoms with Gasteiger partial charge in [0.15, 0.2) is 0 Å². The molecule has 0 saturated heterocycles. The molecule has 1 unspecified atom stereocenters. The molecule has 2 rings (SSSR count). The van der Waals surface area contributed by atoms with Gasteiger partial charge in [-0.15, -0.1) is 11.3 Å². The molecule has 0 bridgehead atoms. The smallest absolute Gasteiger partial charge is 0.265 e. The summed E-state index contributed by atoms with van der Waals surface area (Å²) in [5.41, 5.74) is 1.38. The van der Waals surface area contributed by atoms with E-state index in [0.29, 0.717) is 5.56 Å². The average molecular weight is 241 g/mol. The van der Waals surface area contributed by atoms with Crippen LogP contribution in [0.5, 0.6) is 0 Å². The number of carbonyl (C=O) groups excluding carboxylic acids is 1. The minimum absolute atomic E-state index is 0.135. The van der Waals surface area contributed by atoms with Gasteiger partial charge >= 0.3 is 0 Å². The topological polar surface area (TPSA) is 60.2 Å². The average Bonchev–Trinajstić information content (AvgIpc) is 2.73. The van der Waals surface area contributed by atoms with E-state index in [9.17, 15) is 14.8 Å². The molecule has 2 heterocycles. The predicted octanol–water partition coefficient (Wildman–Crippen LogP) is 1.50. The summed E-state index contributed by atoms with van der Waals surface area (Å²) >= 11 is 2.12. The Bertz CT molecular complexity index is 464. The minimum Gasteiger partial charge on any atom is -0.544 e. The van der Waals surface area contributed by atoms with Crippen molar-refractivity contribution in [1.29, 1.82) is 0 Å². The molecule has 6 heteroatoms. The van der Waals surface area contributed by atoms with Crippen molar-refractivity contribution in [3.8, 4) is 0 Å². The van der Waals surface area contributed by atoms with Crippen molar-refractivity contribution in [3.05, 3.63) is 37.8 Å². The van der Waals surface area contributed by atoms with Crippen molar-refractivity contribution >= 4 is 29.3 Å². The minimum atomic E-state index is -1.22. The van der Waals surface area contributed by atoms with Gasteiger partial charge in [-0.05, 0) is 18.4 Å². The molecule has 78 valence electrons. The normalized spacial score (nSPS) is 20.5. The Kier molecular flexibility index (Phi) is 2.62. The van der Waals surface area contributed by atoms with E-state index in [-0.39, 0.29) is 4.88 Å². The maximum Gasteiger partial charge on any atom is 0.265 e. The van der Waals surface area contributed by atoms with E-state index >= 15 is 0 Å². The number of carboxylic acids is 1. The van der Waals surface area contributed by atoms with Crippen LogP contribution in [0.2, 0.25) is 0 Å². The first-order valence-corrected chi connectivity index (χ1v) is 5.91. The first-order valence-electron chi connectivity index (χ1n) is 4.20. The molecule has 0 N–H and O–H groups in total. The van der Waals surface area contributed by atoms with Crippen molar-refractivity contribution in [2.45, 2.75) is 13.0 Å². The van der Waals surface area contributed by atoms with Crippen molar-refractivity contribution in [2.75, 3.05) is 0 Å². The SMILES string of the molecule is CC1=CS[N+](=O)C1c1ccsc1C(=O)[O-]. The van der Waals surface area contributed by atoms with Crippen molar-refractivity contribution in [3.63, 3.8) is 0 Å². The summed E-state index contributed by atoms with van der Waals surface area (Å²) in [6, 6.07) is 1.17. The third kappa shape index (κ3) is 1.70. The van der Waals surface area contributed by atoms with Gasteiger partial charge in [-0.2, -0.15) is 0 Å². The third-order valence-electron chi connectivity index (χ3n) is 2.16. The van der Waals surface area contributed by atoms with Crippen LogP contribution in [0.1, 0.15) is 28.2 Å². The molecule has 1 atom stereocenters. The number of rotatable bonds is 2. The lowest BCUT2D eigenvalue weighted by Crippen LogP contribution is -2.23. The summed E-state index contributed by atoms with van der Waals surface area (Å²) in [6.07, 6.45) is 0. The molecule has 0 amide bonds. The Morgan fingerprint density at radius 2 is 2.33 bits per heavy atom. The van der Waals surface area contributed by atoms with Crippen LogP contribution in [0.25, 0.3) is 0 Å².